The van der Waals surface area contributed by atoms with E-state index in [9.17, 15) is 13.2 Å². The molecule has 0 aromatic heterocycles. The Kier molecular flexibility index (Phi) is 4.84. The second-order valence-electron chi connectivity index (χ2n) is 5.12. The summed E-state index contributed by atoms with van der Waals surface area (Å²) >= 11 is 0. The SMILES string of the molecule is COc1ccc(S(=O)(=O)NC2CCCCC2)cc1C(=O)O. The molecule has 1 fully saturated rings. The quantitative estimate of drug-likeness (QED) is 0.867. The van der Waals surface area contributed by atoms with Crippen LogP contribution in [0.3, 0.4) is 0 Å². The molecule has 0 spiro atoms. The number of carboxylic acids is 1. The van der Waals surface area contributed by atoms with E-state index in [0.29, 0.717) is 0 Å². The van der Waals surface area contributed by atoms with Crippen LogP contribution in [0, 0.1) is 0 Å². The predicted molar refractivity (Wildman–Crippen MR) is 77.1 cm³/mol. The zero-order valence-corrected chi connectivity index (χ0v) is 12.6. The summed E-state index contributed by atoms with van der Waals surface area (Å²) in [6.07, 6.45) is 4.79. The van der Waals surface area contributed by atoms with E-state index in [2.05, 4.69) is 4.72 Å². The standard InChI is InChI=1S/C14H19NO5S/c1-20-13-8-7-11(9-12(13)14(16)17)21(18,19)15-10-5-3-2-4-6-10/h7-10,15H,2-6H2,1H3,(H,16,17). The van der Waals surface area contributed by atoms with Gasteiger partial charge in [-0.2, -0.15) is 0 Å². The maximum atomic E-state index is 12.3. The van der Waals surface area contributed by atoms with Gasteiger partial charge < -0.3 is 9.84 Å². The second-order valence-corrected chi connectivity index (χ2v) is 6.84. The molecule has 116 valence electrons. The largest absolute Gasteiger partial charge is 0.496 e. The van der Waals surface area contributed by atoms with Crippen molar-refractivity contribution in [1.82, 2.24) is 4.72 Å². The van der Waals surface area contributed by atoms with E-state index in [1.807, 2.05) is 0 Å². The van der Waals surface area contributed by atoms with Crippen molar-refractivity contribution in [2.75, 3.05) is 7.11 Å². The van der Waals surface area contributed by atoms with Gasteiger partial charge in [-0.25, -0.2) is 17.9 Å². The maximum absolute atomic E-state index is 12.3. The van der Waals surface area contributed by atoms with Crippen molar-refractivity contribution in [2.45, 2.75) is 43.0 Å². The molecule has 1 aliphatic carbocycles. The van der Waals surface area contributed by atoms with Crippen molar-refractivity contribution in [3.05, 3.63) is 23.8 Å². The maximum Gasteiger partial charge on any atom is 0.339 e. The lowest BCUT2D eigenvalue weighted by molar-refractivity contribution is 0.0693. The number of hydrogen-bond acceptors (Lipinski definition) is 4. The molecular formula is C14H19NO5S. The van der Waals surface area contributed by atoms with Gasteiger partial charge in [0, 0.05) is 6.04 Å². The molecule has 0 unspecified atom stereocenters. The van der Waals surface area contributed by atoms with E-state index < -0.39 is 16.0 Å². The fourth-order valence-electron chi connectivity index (χ4n) is 2.53. The van der Waals surface area contributed by atoms with E-state index in [-0.39, 0.29) is 22.3 Å². The van der Waals surface area contributed by atoms with Crippen LogP contribution in [0.4, 0.5) is 0 Å². The first-order valence-corrected chi connectivity index (χ1v) is 8.36. The van der Waals surface area contributed by atoms with Crippen LogP contribution in [0.1, 0.15) is 42.5 Å². The number of aromatic carboxylic acids is 1. The van der Waals surface area contributed by atoms with Crippen molar-refractivity contribution >= 4 is 16.0 Å². The van der Waals surface area contributed by atoms with E-state index in [1.54, 1.807) is 0 Å². The third kappa shape index (κ3) is 3.74. The highest BCUT2D eigenvalue weighted by Crippen LogP contribution is 2.24. The molecule has 1 aromatic rings. The lowest BCUT2D eigenvalue weighted by Crippen LogP contribution is -2.36. The molecule has 0 radical (unpaired) electrons. The van der Waals surface area contributed by atoms with Gasteiger partial charge in [-0.1, -0.05) is 19.3 Å². The average molecular weight is 313 g/mol. The average Bonchev–Trinajstić information content (AvgIpc) is 2.47. The number of rotatable bonds is 5. The smallest absolute Gasteiger partial charge is 0.339 e. The van der Waals surface area contributed by atoms with Gasteiger partial charge >= 0.3 is 5.97 Å². The molecule has 0 amide bonds. The molecule has 6 nitrogen and oxygen atoms in total. The Labute approximate surface area is 124 Å². The molecule has 1 saturated carbocycles. The zero-order chi connectivity index (χ0) is 15.5. The Hall–Kier alpha value is -1.60. The fraction of sp³-hybridized carbons (Fsp3) is 0.500. The van der Waals surface area contributed by atoms with Crippen LogP contribution >= 0.6 is 0 Å². The summed E-state index contributed by atoms with van der Waals surface area (Å²) in [5.74, 6) is -1.08. The number of sulfonamides is 1. The molecule has 0 aliphatic heterocycles. The fourth-order valence-corrected chi connectivity index (χ4v) is 3.86. The molecule has 2 rings (SSSR count). The van der Waals surface area contributed by atoms with Crippen molar-refractivity contribution in [3.63, 3.8) is 0 Å². The first-order valence-electron chi connectivity index (χ1n) is 6.87. The summed E-state index contributed by atoms with van der Waals surface area (Å²) < 4.78 is 32.2. The first-order chi connectivity index (χ1) is 9.94. The van der Waals surface area contributed by atoms with Crippen LogP contribution in [-0.4, -0.2) is 32.6 Å². The van der Waals surface area contributed by atoms with Gasteiger partial charge in [0.1, 0.15) is 11.3 Å². The highest BCUT2D eigenvalue weighted by atomic mass is 32.2. The van der Waals surface area contributed by atoms with Crippen LogP contribution in [0.5, 0.6) is 5.75 Å². The Morgan fingerprint density at radius 3 is 2.52 bits per heavy atom. The summed E-state index contributed by atoms with van der Waals surface area (Å²) in [6.45, 7) is 0. The van der Waals surface area contributed by atoms with Crippen LogP contribution in [-0.2, 0) is 10.0 Å². The highest BCUT2D eigenvalue weighted by molar-refractivity contribution is 7.89. The van der Waals surface area contributed by atoms with Crippen molar-refractivity contribution in [2.24, 2.45) is 0 Å². The minimum absolute atomic E-state index is 0.0497. The first kappa shape index (κ1) is 15.8. The number of carbonyl (C=O) groups is 1. The van der Waals surface area contributed by atoms with Gasteiger partial charge in [0.15, 0.2) is 0 Å². The van der Waals surface area contributed by atoms with Crippen LogP contribution in [0.15, 0.2) is 23.1 Å². The van der Waals surface area contributed by atoms with E-state index >= 15 is 0 Å². The molecule has 1 aliphatic rings. The third-order valence-electron chi connectivity index (χ3n) is 3.64. The lowest BCUT2D eigenvalue weighted by Gasteiger charge is -2.22. The number of hydrogen-bond donors (Lipinski definition) is 2. The van der Waals surface area contributed by atoms with Crippen LogP contribution in [0.25, 0.3) is 0 Å². The Morgan fingerprint density at radius 1 is 1.29 bits per heavy atom. The summed E-state index contributed by atoms with van der Waals surface area (Å²) in [4.78, 5) is 11.1. The highest BCUT2D eigenvalue weighted by Gasteiger charge is 2.23. The van der Waals surface area contributed by atoms with Crippen molar-refractivity contribution in [1.29, 1.82) is 0 Å². The predicted octanol–water partition coefficient (Wildman–Crippen LogP) is 2.00. The van der Waals surface area contributed by atoms with Gasteiger partial charge in [-0.15, -0.1) is 0 Å². The number of benzene rings is 1. The molecular weight excluding hydrogens is 294 g/mol. The molecule has 7 heteroatoms. The summed E-state index contributed by atoms with van der Waals surface area (Å²) in [5, 5.41) is 9.11. The van der Waals surface area contributed by atoms with Gasteiger partial charge in [-0.05, 0) is 31.0 Å². The molecule has 0 heterocycles. The third-order valence-corrected chi connectivity index (χ3v) is 5.16. The molecule has 1 aromatic carbocycles. The summed E-state index contributed by atoms with van der Waals surface area (Å²) in [6, 6.07) is 3.78. The van der Waals surface area contributed by atoms with Gasteiger partial charge in [0.25, 0.3) is 0 Å². The molecule has 2 N–H and O–H groups in total. The van der Waals surface area contributed by atoms with E-state index in [1.165, 1.54) is 19.2 Å². The molecule has 0 saturated heterocycles. The number of carboxylic acid groups (broad SMARTS) is 1. The van der Waals surface area contributed by atoms with E-state index in [4.69, 9.17) is 9.84 Å². The lowest BCUT2D eigenvalue weighted by atomic mass is 9.96. The number of nitrogens with one attached hydrogen (secondary N) is 1. The van der Waals surface area contributed by atoms with Crippen molar-refractivity contribution in [3.8, 4) is 5.75 Å². The second kappa shape index (κ2) is 6.44. The molecule has 21 heavy (non-hydrogen) atoms. The van der Waals surface area contributed by atoms with Gasteiger partial charge in [0.05, 0.1) is 12.0 Å². The Bertz CT molecular complexity index is 620. The Balaban J connectivity index is 2.27. The topological polar surface area (TPSA) is 92.7 Å². The minimum Gasteiger partial charge on any atom is -0.496 e. The summed E-state index contributed by atoms with van der Waals surface area (Å²) in [5.41, 5.74) is -0.163. The summed E-state index contributed by atoms with van der Waals surface area (Å²) in [7, 11) is -2.37. The van der Waals surface area contributed by atoms with Crippen molar-refractivity contribution < 1.29 is 23.1 Å². The van der Waals surface area contributed by atoms with Gasteiger partial charge in [0.2, 0.25) is 10.0 Å². The number of ether oxygens (including phenoxy) is 1. The van der Waals surface area contributed by atoms with Crippen LogP contribution in [0.2, 0.25) is 0 Å². The zero-order valence-electron chi connectivity index (χ0n) is 11.8. The van der Waals surface area contributed by atoms with E-state index in [0.717, 1.165) is 38.2 Å². The molecule has 0 atom stereocenters. The minimum atomic E-state index is -3.71. The van der Waals surface area contributed by atoms with Crippen LogP contribution < -0.4 is 9.46 Å². The normalized spacial score (nSPS) is 16.6. The van der Waals surface area contributed by atoms with Gasteiger partial charge in [-0.3, -0.25) is 0 Å². The Morgan fingerprint density at radius 2 is 1.95 bits per heavy atom. The monoisotopic (exact) mass is 313 g/mol. The number of methoxy groups -OCH3 is 1. The molecule has 0 bridgehead atoms.